The summed E-state index contributed by atoms with van der Waals surface area (Å²) >= 11 is 0.729. The summed E-state index contributed by atoms with van der Waals surface area (Å²) in [4.78, 5) is 0. The van der Waals surface area contributed by atoms with Crippen molar-refractivity contribution in [1.29, 1.82) is 0 Å². The van der Waals surface area contributed by atoms with Gasteiger partial charge in [0.1, 0.15) is 34.9 Å². The highest BCUT2D eigenvalue weighted by molar-refractivity contribution is 8.14. The van der Waals surface area contributed by atoms with Gasteiger partial charge in [-0.2, -0.15) is 8.42 Å². The maximum atomic E-state index is 10.8. The Morgan fingerprint density at radius 2 is 1.81 bits per heavy atom. The summed E-state index contributed by atoms with van der Waals surface area (Å²) in [6.07, 6.45) is -5.68. The van der Waals surface area contributed by atoms with Crippen LogP contribution in [-0.4, -0.2) is 74.9 Å². The Labute approximate surface area is 154 Å². The lowest BCUT2D eigenvalue weighted by molar-refractivity contribution is -0.205. The highest BCUT2D eigenvalue weighted by atomic mass is 32.3. The normalized spacial score (nSPS) is 30.2. The van der Waals surface area contributed by atoms with Crippen molar-refractivity contribution in [3.63, 3.8) is 0 Å². The van der Waals surface area contributed by atoms with E-state index in [0.717, 1.165) is 17.3 Å². The van der Waals surface area contributed by atoms with Gasteiger partial charge in [-0.1, -0.05) is 47.2 Å². The number of aliphatic hydroxyl groups is 4. The van der Waals surface area contributed by atoms with Crippen molar-refractivity contribution in [2.24, 2.45) is 5.16 Å². The van der Waals surface area contributed by atoms with Gasteiger partial charge < -0.3 is 25.2 Å². The third-order valence-corrected chi connectivity index (χ3v) is 4.91. The van der Waals surface area contributed by atoms with E-state index in [1.165, 1.54) is 0 Å². The topological polar surface area (TPSA) is 166 Å². The molecule has 1 heterocycles. The molecule has 1 fully saturated rings. The molecule has 26 heavy (non-hydrogen) atoms. The van der Waals surface area contributed by atoms with E-state index >= 15 is 0 Å². The first-order chi connectivity index (χ1) is 12.2. The van der Waals surface area contributed by atoms with Gasteiger partial charge in [-0.25, -0.2) is 4.28 Å². The molecule has 5 atom stereocenters. The summed E-state index contributed by atoms with van der Waals surface area (Å²) in [6, 6.07) is 8.73. The van der Waals surface area contributed by atoms with Crippen LogP contribution < -0.4 is 0 Å². The van der Waals surface area contributed by atoms with Crippen LogP contribution in [0.15, 0.2) is 35.5 Å². The van der Waals surface area contributed by atoms with Gasteiger partial charge >= 0.3 is 10.4 Å². The fourth-order valence-electron chi connectivity index (χ4n) is 2.25. The molecule has 1 saturated heterocycles. The van der Waals surface area contributed by atoms with Crippen molar-refractivity contribution in [2.75, 3.05) is 6.61 Å². The van der Waals surface area contributed by atoms with Gasteiger partial charge in [0.25, 0.3) is 0 Å². The summed E-state index contributed by atoms with van der Waals surface area (Å²) in [5, 5.41) is 42.2. The fraction of sp³-hybridized carbons (Fsp3) is 0.500. The van der Waals surface area contributed by atoms with E-state index in [1.54, 1.807) is 30.3 Å². The smallest absolute Gasteiger partial charge is 0.394 e. The van der Waals surface area contributed by atoms with E-state index in [1.807, 2.05) is 0 Å². The number of ether oxygens (including phenoxy) is 1. The molecule has 0 radical (unpaired) electrons. The van der Waals surface area contributed by atoms with Gasteiger partial charge in [-0.15, -0.1) is 0 Å². The third-order valence-electron chi connectivity index (χ3n) is 3.53. The second kappa shape index (κ2) is 9.10. The lowest BCUT2D eigenvalue weighted by Gasteiger charge is -2.39. The molecular formula is C14H19NO9S2. The van der Waals surface area contributed by atoms with Crippen LogP contribution in [-0.2, 0) is 25.8 Å². The molecular weight excluding hydrogens is 390 g/mol. The molecule has 1 aromatic carbocycles. The zero-order chi connectivity index (χ0) is 19.3. The van der Waals surface area contributed by atoms with Crippen LogP contribution in [0.25, 0.3) is 0 Å². The number of oxime groups is 1. The minimum Gasteiger partial charge on any atom is -0.394 e. The summed E-state index contributed by atoms with van der Waals surface area (Å²) in [6.45, 7) is -0.602. The maximum absolute atomic E-state index is 10.8. The lowest BCUT2D eigenvalue weighted by atomic mass is 10.0. The van der Waals surface area contributed by atoms with Crippen molar-refractivity contribution >= 4 is 27.2 Å². The Morgan fingerprint density at radius 1 is 1.15 bits per heavy atom. The van der Waals surface area contributed by atoms with E-state index in [9.17, 15) is 28.8 Å². The molecule has 1 aliphatic rings. The molecule has 0 unspecified atom stereocenters. The molecule has 0 spiro atoms. The van der Waals surface area contributed by atoms with Gasteiger partial charge in [0.15, 0.2) is 0 Å². The molecule has 10 nitrogen and oxygen atoms in total. The van der Waals surface area contributed by atoms with Crippen molar-refractivity contribution in [2.45, 2.75) is 36.3 Å². The molecule has 146 valence electrons. The average molecular weight is 409 g/mol. The number of hydrogen-bond acceptors (Lipinski definition) is 10. The summed E-state index contributed by atoms with van der Waals surface area (Å²) < 4.78 is 39.6. The summed E-state index contributed by atoms with van der Waals surface area (Å²) in [5.41, 5.74) is -0.444. The minimum absolute atomic E-state index is 0.0122. The van der Waals surface area contributed by atoms with Crippen LogP contribution in [0.1, 0.15) is 5.56 Å². The second-order valence-electron chi connectivity index (χ2n) is 5.46. The first kappa shape index (κ1) is 21.1. The predicted octanol–water partition coefficient (Wildman–Crippen LogP) is -1.10. The lowest BCUT2D eigenvalue weighted by Crippen LogP contribution is -2.57. The largest absolute Gasteiger partial charge is 0.466 e. The number of hydrogen-bond donors (Lipinski definition) is 5. The number of aliphatic hydroxyl groups excluding tert-OH is 4. The van der Waals surface area contributed by atoms with Crippen LogP contribution in [0.5, 0.6) is 0 Å². The SMILES string of the molecule is O=S(=O)(O)O/N=C(/Cc1ccccc1)S[C@@H]1O[C@H](CO)[C@H](O)[C@@H](O)[C@H]1O. The molecule has 0 aliphatic carbocycles. The molecule has 12 heteroatoms. The van der Waals surface area contributed by atoms with Crippen LogP contribution in [0.4, 0.5) is 0 Å². The van der Waals surface area contributed by atoms with Crippen LogP contribution in [0, 0.1) is 0 Å². The quantitative estimate of drug-likeness (QED) is 0.168. The average Bonchev–Trinajstić information content (AvgIpc) is 2.60. The molecule has 2 rings (SSSR count). The Bertz CT molecular complexity index is 710. The van der Waals surface area contributed by atoms with E-state index in [2.05, 4.69) is 9.44 Å². The first-order valence-electron chi connectivity index (χ1n) is 7.45. The molecule has 0 aromatic heterocycles. The number of rotatable bonds is 6. The van der Waals surface area contributed by atoms with Crippen molar-refractivity contribution in [3.8, 4) is 0 Å². The Morgan fingerprint density at radius 3 is 2.38 bits per heavy atom. The molecule has 0 bridgehead atoms. The van der Waals surface area contributed by atoms with Crippen molar-refractivity contribution in [1.82, 2.24) is 0 Å². The number of benzene rings is 1. The highest BCUT2D eigenvalue weighted by Crippen LogP contribution is 2.30. The Hall–Kier alpha value is -1.25. The van der Waals surface area contributed by atoms with Gasteiger partial charge in [-0.05, 0) is 5.56 Å². The van der Waals surface area contributed by atoms with Gasteiger partial charge in [0.05, 0.1) is 6.61 Å². The summed E-state index contributed by atoms with van der Waals surface area (Å²) in [7, 11) is -4.83. The number of thioether (sulfide) groups is 1. The van der Waals surface area contributed by atoms with E-state index < -0.39 is 46.9 Å². The zero-order valence-corrected chi connectivity index (χ0v) is 15.0. The van der Waals surface area contributed by atoms with E-state index in [0.29, 0.717) is 0 Å². The fourth-order valence-corrected chi connectivity index (χ4v) is 3.58. The molecule has 0 amide bonds. The number of nitrogens with zero attached hydrogens (tertiary/aromatic N) is 1. The standard InChI is InChI=1S/C14H19NO9S2/c16-7-9-11(17)12(18)13(19)14(23-9)25-10(15-24-26(20,21)22)6-8-4-2-1-3-5-8/h1-5,9,11-14,16-19H,6-7H2,(H,20,21,22)/b15-10-/t9-,11+,12-,13-,14+/m1/s1. The van der Waals surface area contributed by atoms with Gasteiger partial charge in [0.2, 0.25) is 0 Å². The van der Waals surface area contributed by atoms with Crippen LogP contribution in [0.2, 0.25) is 0 Å². The van der Waals surface area contributed by atoms with Crippen molar-refractivity contribution < 1.29 is 42.4 Å². The molecule has 1 aromatic rings. The second-order valence-corrected chi connectivity index (χ2v) is 7.64. The first-order valence-corrected chi connectivity index (χ1v) is 9.69. The molecule has 5 N–H and O–H groups in total. The zero-order valence-electron chi connectivity index (χ0n) is 13.3. The maximum Gasteiger partial charge on any atom is 0.466 e. The minimum atomic E-state index is -4.83. The Balaban J connectivity index is 2.19. The van der Waals surface area contributed by atoms with E-state index in [4.69, 9.17) is 9.29 Å². The predicted molar refractivity (Wildman–Crippen MR) is 91.6 cm³/mol. The third kappa shape index (κ3) is 5.89. The van der Waals surface area contributed by atoms with Gasteiger partial charge in [0, 0.05) is 6.42 Å². The van der Waals surface area contributed by atoms with Gasteiger partial charge in [-0.3, -0.25) is 4.55 Å². The van der Waals surface area contributed by atoms with Crippen LogP contribution >= 0.6 is 11.8 Å². The van der Waals surface area contributed by atoms with E-state index in [-0.39, 0.29) is 11.5 Å². The summed E-state index contributed by atoms with van der Waals surface area (Å²) in [5.74, 6) is 0. The highest BCUT2D eigenvalue weighted by Gasteiger charge is 2.44. The Kier molecular flexibility index (Phi) is 7.37. The monoisotopic (exact) mass is 409 g/mol. The molecule has 0 saturated carbocycles. The van der Waals surface area contributed by atoms with Crippen LogP contribution in [0.3, 0.4) is 0 Å². The van der Waals surface area contributed by atoms with Crippen molar-refractivity contribution in [3.05, 3.63) is 35.9 Å². The molecule has 1 aliphatic heterocycles.